The minimum atomic E-state index is -3.82. The molecule has 0 unspecified atom stereocenters. The van der Waals surface area contributed by atoms with E-state index in [1.54, 1.807) is 73.1 Å². The lowest BCUT2D eigenvalue weighted by Gasteiger charge is -2.23. The fraction of sp³-hybridized carbons (Fsp3) is 0.115. The van der Waals surface area contributed by atoms with Gasteiger partial charge in [-0.3, -0.25) is 0 Å². The molecule has 0 spiro atoms. The SMILES string of the molecule is O=C(O)COc1cccc(CN(Cc2ccc(-c3ncccn3)cc2)S(=O)(=O)c2ccccc2)c1. The molecule has 0 saturated carbocycles. The number of rotatable bonds is 10. The summed E-state index contributed by atoms with van der Waals surface area (Å²) in [5.41, 5.74) is 2.29. The van der Waals surface area contributed by atoms with E-state index in [9.17, 15) is 13.2 Å². The molecular formula is C26H23N3O5S. The van der Waals surface area contributed by atoms with Crippen LogP contribution in [-0.4, -0.2) is 40.4 Å². The van der Waals surface area contributed by atoms with Crippen LogP contribution in [0.5, 0.6) is 5.75 Å². The highest BCUT2D eigenvalue weighted by Gasteiger charge is 2.25. The van der Waals surface area contributed by atoms with Crippen molar-refractivity contribution >= 4 is 16.0 Å². The Labute approximate surface area is 203 Å². The van der Waals surface area contributed by atoms with E-state index in [2.05, 4.69) is 9.97 Å². The topological polar surface area (TPSA) is 110 Å². The Morgan fingerprint density at radius 3 is 2.20 bits per heavy atom. The molecule has 8 nitrogen and oxygen atoms in total. The van der Waals surface area contributed by atoms with Crippen LogP contribution in [0.25, 0.3) is 11.4 Å². The van der Waals surface area contributed by atoms with Crippen molar-refractivity contribution in [1.82, 2.24) is 14.3 Å². The summed E-state index contributed by atoms with van der Waals surface area (Å²) in [7, 11) is -3.82. The van der Waals surface area contributed by atoms with Crippen LogP contribution in [-0.2, 0) is 27.9 Å². The first-order valence-corrected chi connectivity index (χ1v) is 12.2. The van der Waals surface area contributed by atoms with Gasteiger partial charge in [0.1, 0.15) is 5.75 Å². The number of hydrogen-bond donors (Lipinski definition) is 1. The van der Waals surface area contributed by atoms with Crippen molar-refractivity contribution in [2.24, 2.45) is 0 Å². The van der Waals surface area contributed by atoms with E-state index >= 15 is 0 Å². The summed E-state index contributed by atoms with van der Waals surface area (Å²) in [6.45, 7) is -0.272. The van der Waals surface area contributed by atoms with E-state index in [-0.39, 0.29) is 18.0 Å². The molecule has 1 aromatic heterocycles. The second-order valence-corrected chi connectivity index (χ2v) is 9.62. The largest absolute Gasteiger partial charge is 0.482 e. The van der Waals surface area contributed by atoms with E-state index in [1.807, 2.05) is 24.3 Å². The highest BCUT2D eigenvalue weighted by molar-refractivity contribution is 7.89. The molecule has 0 aliphatic heterocycles. The third-order valence-corrected chi connectivity index (χ3v) is 6.94. The van der Waals surface area contributed by atoms with Gasteiger partial charge in [-0.1, -0.05) is 54.6 Å². The van der Waals surface area contributed by atoms with Crippen molar-refractivity contribution in [3.05, 3.63) is 108 Å². The number of sulfonamides is 1. The maximum Gasteiger partial charge on any atom is 0.341 e. The van der Waals surface area contributed by atoms with Crippen LogP contribution in [0, 0.1) is 0 Å². The highest BCUT2D eigenvalue weighted by Crippen LogP contribution is 2.24. The van der Waals surface area contributed by atoms with Gasteiger partial charge in [0.2, 0.25) is 10.0 Å². The van der Waals surface area contributed by atoms with Crippen molar-refractivity contribution in [1.29, 1.82) is 0 Å². The minimum Gasteiger partial charge on any atom is -0.482 e. The molecule has 0 bridgehead atoms. The van der Waals surface area contributed by atoms with Gasteiger partial charge in [0.15, 0.2) is 12.4 Å². The van der Waals surface area contributed by atoms with E-state index in [1.165, 1.54) is 4.31 Å². The van der Waals surface area contributed by atoms with Gasteiger partial charge in [0.25, 0.3) is 0 Å². The maximum atomic E-state index is 13.5. The van der Waals surface area contributed by atoms with Crippen molar-refractivity contribution in [2.45, 2.75) is 18.0 Å². The van der Waals surface area contributed by atoms with Gasteiger partial charge in [-0.2, -0.15) is 4.31 Å². The zero-order chi connectivity index (χ0) is 24.7. The lowest BCUT2D eigenvalue weighted by Crippen LogP contribution is -2.30. The Morgan fingerprint density at radius 2 is 1.51 bits per heavy atom. The Morgan fingerprint density at radius 1 is 0.829 bits per heavy atom. The Hall–Kier alpha value is -4.08. The predicted octanol–water partition coefficient (Wildman–Crippen LogP) is 4.00. The van der Waals surface area contributed by atoms with Gasteiger partial charge < -0.3 is 9.84 Å². The maximum absolute atomic E-state index is 13.5. The molecule has 35 heavy (non-hydrogen) atoms. The van der Waals surface area contributed by atoms with Crippen LogP contribution in [0.15, 0.2) is 102 Å². The van der Waals surface area contributed by atoms with Gasteiger partial charge >= 0.3 is 5.97 Å². The number of aliphatic carboxylic acids is 1. The van der Waals surface area contributed by atoms with Gasteiger partial charge in [0.05, 0.1) is 4.90 Å². The molecule has 0 radical (unpaired) electrons. The summed E-state index contributed by atoms with van der Waals surface area (Å²) >= 11 is 0. The summed E-state index contributed by atoms with van der Waals surface area (Å²) in [5, 5.41) is 8.86. The van der Waals surface area contributed by atoms with E-state index in [0.29, 0.717) is 17.1 Å². The molecule has 0 saturated heterocycles. The van der Waals surface area contributed by atoms with Crippen molar-refractivity contribution in [2.75, 3.05) is 6.61 Å². The number of carboxylic acids is 1. The summed E-state index contributed by atoms with van der Waals surface area (Å²) in [6, 6.07) is 24.2. The molecule has 4 rings (SSSR count). The van der Waals surface area contributed by atoms with Crippen molar-refractivity contribution < 1.29 is 23.1 Å². The lowest BCUT2D eigenvalue weighted by molar-refractivity contribution is -0.139. The first-order chi connectivity index (χ1) is 16.9. The number of ether oxygens (including phenoxy) is 1. The third-order valence-electron chi connectivity index (χ3n) is 5.14. The molecule has 0 amide bonds. The lowest BCUT2D eigenvalue weighted by atomic mass is 10.1. The molecule has 0 aliphatic rings. The Balaban J connectivity index is 1.61. The molecule has 178 valence electrons. The van der Waals surface area contributed by atoms with Gasteiger partial charge in [-0.25, -0.2) is 23.2 Å². The number of carbonyl (C=O) groups is 1. The average Bonchev–Trinajstić information content (AvgIpc) is 2.89. The van der Waals surface area contributed by atoms with Crippen LogP contribution in [0.2, 0.25) is 0 Å². The average molecular weight is 490 g/mol. The first-order valence-electron chi connectivity index (χ1n) is 10.8. The molecular weight excluding hydrogens is 466 g/mol. The minimum absolute atomic E-state index is 0.0745. The normalized spacial score (nSPS) is 11.3. The monoisotopic (exact) mass is 489 g/mol. The second-order valence-electron chi connectivity index (χ2n) is 7.69. The molecule has 1 N–H and O–H groups in total. The molecule has 1 heterocycles. The zero-order valence-corrected chi connectivity index (χ0v) is 19.5. The summed E-state index contributed by atoms with van der Waals surface area (Å²) in [6.07, 6.45) is 3.33. The molecule has 9 heteroatoms. The summed E-state index contributed by atoms with van der Waals surface area (Å²) in [5.74, 6) is -0.145. The van der Waals surface area contributed by atoms with Gasteiger partial charge in [0, 0.05) is 31.0 Å². The zero-order valence-electron chi connectivity index (χ0n) is 18.7. The van der Waals surface area contributed by atoms with E-state index < -0.39 is 22.6 Å². The van der Waals surface area contributed by atoms with E-state index in [0.717, 1.165) is 11.1 Å². The number of nitrogens with zero attached hydrogens (tertiary/aromatic N) is 3. The number of aromatic nitrogens is 2. The third kappa shape index (κ3) is 6.28. The number of carboxylic acid groups (broad SMARTS) is 1. The van der Waals surface area contributed by atoms with Crippen LogP contribution in [0.4, 0.5) is 0 Å². The van der Waals surface area contributed by atoms with Crippen molar-refractivity contribution in [3.63, 3.8) is 0 Å². The molecule has 4 aromatic rings. The fourth-order valence-electron chi connectivity index (χ4n) is 3.46. The predicted molar refractivity (Wildman–Crippen MR) is 130 cm³/mol. The number of benzene rings is 3. The van der Waals surface area contributed by atoms with Crippen LogP contribution in [0.1, 0.15) is 11.1 Å². The Kier molecular flexibility index (Phi) is 7.49. The summed E-state index contributed by atoms with van der Waals surface area (Å²) < 4.78 is 33.7. The first kappa shape index (κ1) is 24.1. The molecule has 0 aliphatic carbocycles. The van der Waals surface area contributed by atoms with Crippen LogP contribution >= 0.6 is 0 Å². The molecule has 0 fully saturated rings. The van der Waals surface area contributed by atoms with Gasteiger partial charge in [-0.05, 0) is 41.5 Å². The molecule has 3 aromatic carbocycles. The second kappa shape index (κ2) is 10.9. The van der Waals surface area contributed by atoms with E-state index in [4.69, 9.17) is 9.84 Å². The quantitative estimate of drug-likeness (QED) is 0.359. The standard InChI is InChI=1S/C26H23N3O5S/c30-25(31)19-34-23-7-4-6-21(16-23)18-29(35(32,33)24-8-2-1-3-9-24)17-20-10-12-22(13-11-20)26-27-14-5-15-28-26/h1-16H,17-19H2,(H,30,31). The summed E-state index contributed by atoms with van der Waals surface area (Å²) in [4.78, 5) is 19.5. The highest BCUT2D eigenvalue weighted by atomic mass is 32.2. The van der Waals surface area contributed by atoms with Crippen LogP contribution in [0.3, 0.4) is 0 Å². The van der Waals surface area contributed by atoms with Gasteiger partial charge in [-0.15, -0.1) is 0 Å². The Bertz CT molecular complexity index is 1380. The van der Waals surface area contributed by atoms with Crippen molar-refractivity contribution in [3.8, 4) is 17.1 Å². The number of hydrogen-bond acceptors (Lipinski definition) is 6. The fourth-order valence-corrected chi connectivity index (χ4v) is 4.90. The van der Waals surface area contributed by atoms with Crippen LogP contribution < -0.4 is 4.74 Å². The molecule has 0 atom stereocenters. The smallest absolute Gasteiger partial charge is 0.341 e.